The zero-order valence-corrected chi connectivity index (χ0v) is 7.80. The Balaban J connectivity index is 2.64. The maximum atomic E-state index is 11.5. The average molecular weight is 198 g/mol. The average Bonchev–Trinajstić information content (AvgIpc) is 2.32. The molecule has 0 saturated carbocycles. The maximum Gasteiger partial charge on any atom is 0.254 e. The number of aromatic hydroxyl groups is 1. The van der Waals surface area contributed by atoms with Crippen LogP contribution in [0.25, 0.3) is 0 Å². The molecule has 4 heteroatoms. The highest BCUT2D eigenvalue weighted by Crippen LogP contribution is 2.32. The van der Waals surface area contributed by atoms with Crippen molar-refractivity contribution in [3.63, 3.8) is 0 Å². The van der Waals surface area contributed by atoms with Crippen molar-refractivity contribution in [1.82, 2.24) is 4.90 Å². The molecule has 0 unspecified atom stereocenters. The number of rotatable bonds is 0. The van der Waals surface area contributed by atoms with Crippen LogP contribution < -0.4 is 0 Å². The van der Waals surface area contributed by atoms with Gasteiger partial charge < -0.3 is 10.0 Å². The monoisotopic (exact) mass is 197 g/mol. The van der Waals surface area contributed by atoms with Crippen molar-refractivity contribution in [3.05, 3.63) is 28.3 Å². The van der Waals surface area contributed by atoms with Gasteiger partial charge in [0.25, 0.3) is 5.91 Å². The van der Waals surface area contributed by atoms with Gasteiger partial charge in [0, 0.05) is 23.2 Å². The van der Waals surface area contributed by atoms with Gasteiger partial charge in [0.15, 0.2) is 0 Å². The Hall–Kier alpha value is -1.22. The van der Waals surface area contributed by atoms with Crippen LogP contribution in [0, 0.1) is 0 Å². The van der Waals surface area contributed by atoms with Crippen LogP contribution in [0.4, 0.5) is 0 Å². The van der Waals surface area contributed by atoms with Gasteiger partial charge in [-0.05, 0) is 12.1 Å². The summed E-state index contributed by atoms with van der Waals surface area (Å²) < 4.78 is 0. The smallest absolute Gasteiger partial charge is 0.254 e. The number of halogens is 1. The Morgan fingerprint density at radius 3 is 2.92 bits per heavy atom. The summed E-state index contributed by atoms with van der Waals surface area (Å²) in [6.45, 7) is 0.456. The zero-order valence-electron chi connectivity index (χ0n) is 7.04. The number of hydrogen-bond acceptors (Lipinski definition) is 2. The summed E-state index contributed by atoms with van der Waals surface area (Å²) >= 11 is 5.71. The largest absolute Gasteiger partial charge is 0.508 e. The van der Waals surface area contributed by atoms with Crippen molar-refractivity contribution in [2.24, 2.45) is 0 Å². The molecule has 1 aliphatic rings. The van der Waals surface area contributed by atoms with Crippen LogP contribution >= 0.6 is 11.6 Å². The van der Waals surface area contributed by atoms with Crippen molar-refractivity contribution < 1.29 is 9.90 Å². The van der Waals surface area contributed by atoms with Crippen molar-refractivity contribution in [1.29, 1.82) is 0 Å². The molecule has 0 saturated heterocycles. The normalized spacial score (nSPS) is 14.9. The Morgan fingerprint density at radius 1 is 1.54 bits per heavy atom. The summed E-state index contributed by atoms with van der Waals surface area (Å²) in [5.41, 5.74) is 1.17. The van der Waals surface area contributed by atoms with Crippen molar-refractivity contribution >= 4 is 17.5 Å². The maximum absolute atomic E-state index is 11.5. The van der Waals surface area contributed by atoms with Crippen LogP contribution in [0.2, 0.25) is 5.02 Å². The van der Waals surface area contributed by atoms with E-state index in [9.17, 15) is 9.90 Å². The molecule has 3 nitrogen and oxygen atoms in total. The Bertz CT molecular complexity index is 389. The molecule has 1 amide bonds. The number of carbonyl (C=O) groups is 1. The second-order valence-electron chi connectivity index (χ2n) is 3.11. The van der Waals surface area contributed by atoms with E-state index in [0.717, 1.165) is 0 Å². The second-order valence-corrected chi connectivity index (χ2v) is 3.55. The first-order valence-corrected chi connectivity index (χ1v) is 4.24. The Labute approximate surface area is 80.5 Å². The lowest BCUT2D eigenvalue weighted by atomic mass is 10.1. The molecule has 1 heterocycles. The number of benzene rings is 1. The molecule has 0 bridgehead atoms. The van der Waals surface area contributed by atoms with E-state index >= 15 is 0 Å². The summed E-state index contributed by atoms with van der Waals surface area (Å²) in [6.07, 6.45) is 0. The van der Waals surface area contributed by atoms with Crippen molar-refractivity contribution in [3.8, 4) is 5.75 Å². The molecule has 0 aromatic heterocycles. The fourth-order valence-electron chi connectivity index (χ4n) is 1.49. The number of nitrogens with zero attached hydrogens (tertiary/aromatic N) is 1. The highest BCUT2D eigenvalue weighted by molar-refractivity contribution is 6.31. The van der Waals surface area contributed by atoms with E-state index in [1.54, 1.807) is 18.0 Å². The van der Waals surface area contributed by atoms with Crippen LogP contribution in [0.1, 0.15) is 15.9 Å². The summed E-state index contributed by atoms with van der Waals surface area (Å²) in [7, 11) is 1.69. The van der Waals surface area contributed by atoms with Gasteiger partial charge in [-0.3, -0.25) is 4.79 Å². The van der Waals surface area contributed by atoms with Gasteiger partial charge in [0.05, 0.1) is 6.54 Å². The van der Waals surface area contributed by atoms with Gasteiger partial charge in [-0.1, -0.05) is 11.6 Å². The molecule has 0 atom stereocenters. The number of hydrogen-bond donors (Lipinski definition) is 1. The minimum atomic E-state index is -0.0900. The molecule has 2 rings (SSSR count). The topological polar surface area (TPSA) is 40.5 Å². The number of phenolic OH excluding ortho intramolecular Hbond substituents is 1. The SMILES string of the molecule is CN1Cc2c(O)cc(Cl)cc2C1=O. The van der Waals surface area contributed by atoms with E-state index in [1.807, 2.05) is 0 Å². The van der Waals surface area contributed by atoms with Crippen LogP contribution in [0.15, 0.2) is 12.1 Å². The van der Waals surface area contributed by atoms with E-state index in [0.29, 0.717) is 22.7 Å². The Morgan fingerprint density at radius 2 is 2.23 bits per heavy atom. The summed E-state index contributed by atoms with van der Waals surface area (Å²) in [4.78, 5) is 13.0. The lowest BCUT2D eigenvalue weighted by molar-refractivity contribution is 0.0816. The third-order valence-electron chi connectivity index (χ3n) is 2.16. The van der Waals surface area contributed by atoms with Gasteiger partial charge in [-0.15, -0.1) is 0 Å². The fraction of sp³-hybridized carbons (Fsp3) is 0.222. The van der Waals surface area contributed by atoms with E-state index in [2.05, 4.69) is 0 Å². The fourth-order valence-corrected chi connectivity index (χ4v) is 1.71. The molecular formula is C9H8ClNO2. The van der Waals surface area contributed by atoms with Crippen LogP contribution in [-0.2, 0) is 6.54 Å². The van der Waals surface area contributed by atoms with Gasteiger partial charge in [-0.25, -0.2) is 0 Å². The molecule has 0 aliphatic carbocycles. The number of fused-ring (bicyclic) bond motifs is 1. The number of amides is 1. The summed E-state index contributed by atoms with van der Waals surface area (Å²) in [5.74, 6) is 0.00741. The van der Waals surface area contributed by atoms with Gasteiger partial charge >= 0.3 is 0 Å². The first kappa shape index (κ1) is 8.38. The minimum absolute atomic E-state index is 0.0900. The van der Waals surface area contributed by atoms with Crippen LogP contribution in [-0.4, -0.2) is 23.0 Å². The third kappa shape index (κ3) is 1.16. The number of carbonyl (C=O) groups excluding carboxylic acids is 1. The standard InChI is InChI=1S/C9H8ClNO2/c1-11-4-7-6(9(11)13)2-5(10)3-8(7)12/h2-3,12H,4H2,1H3. The molecule has 1 aliphatic heterocycles. The molecular weight excluding hydrogens is 190 g/mol. The van der Waals surface area contributed by atoms with Crippen LogP contribution in [0.3, 0.4) is 0 Å². The van der Waals surface area contributed by atoms with Gasteiger partial charge in [0.1, 0.15) is 5.75 Å². The minimum Gasteiger partial charge on any atom is -0.508 e. The van der Waals surface area contributed by atoms with Crippen molar-refractivity contribution in [2.45, 2.75) is 6.54 Å². The molecule has 1 aromatic rings. The molecule has 68 valence electrons. The molecule has 0 radical (unpaired) electrons. The second kappa shape index (κ2) is 2.64. The highest BCUT2D eigenvalue weighted by atomic mass is 35.5. The van der Waals surface area contributed by atoms with Gasteiger partial charge in [0.2, 0.25) is 0 Å². The molecule has 13 heavy (non-hydrogen) atoms. The van der Waals surface area contributed by atoms with Gasteiger partial charge in [-0.2, -0.15) is 0 Å². The highest BCUT2D eigenvalue weighted by Gasteiger charge is 2.27. The number of phenols is 1. The van der Waals surface area contributed by atoms with Crippen LogP contribution in [0.5, 0.6) is 5.75 Å². The predicted molar refractivity (Wildman–Crippen MR) is 48.9 cm³/mol. The van der Waals surface area contributed by atoms with E-state index in [4.69, 9.17) is 11.6 Å². The van der Waals surface area contributed by atoms with E-state index in [-0.39, 0.29) is 11.7 Å². The Kier molecular flexibility index (Phi) is 1.70. The lowest BCUT2D eigenvalue weighted by Crippen LogP contribution is -2.17. The predicted octanol–water partition coefficient (Wildman–Crippen LogP) is 1.63. The summed E-state index contributed by atoms with van der Waals surface area (Å²) in [6, 6.07) is 3.04. The molecule has 1 N–H and O–H groups in total. The molecule has 0 fully saturated rings. The van der Waals surface area contributed by atoms with Crippen molar-refractivity contribution in [2.75, 3.05) is 7.05 Å². The van der Waals surface area contributed by atoms with E-state index < -0.39 is 0 Å². The molecule has 0 spiro atoms. The van der Waals surface area contributed by atoms with E-state index in [1.165, 1.54) is 6.07 Å². The first-order chi connectivity index (χ1) is 6.09. The lowest BCUT2D eigenvalue weighted by Gasteiger charge is -2.04. The molecule has 1 aromatic carbocycles. The third-order valence-corrected chi connectivity index (χ3v) is 2.38. The first-order valence-electron chi connectivity index (χ1n) is 3.86. The summed E-state index contributed by atoms with van der Waals surface area (Å²) in [5, 5.41) is 9.87. The zero-order chi connectivity index (χ0) is 9.59. The quantitative estimate of drug-likeness (QED) is 0.687.